The van der Waals surface area contributed by atoms with Crippen molar-refractivity contribution in [2.45, 2.75) is 25.9 Å². The standard InChI is InChI=1S/C26H28FN3O6/c1-4-36-15-21-28-24(31)22(26(33)30(21)23-19(34-2)9-6-10-20(23)35-3)25(32)29-12-11-17(14-29)16-7-5-8-18(27)13-16/h5-10,13,17,33H,4,11-12,14-15H2,1-3H3. The van der Waals surface area contributed by atoms with E-state index in [1.807, 2.05) is 6.07 Å². The summed E-state index contributed by atoms with van der Waals surface area (Å²) in [6.07, 6.45) is 0.598. The van der Waals surface area contributed by atoms with Crippen LogP contribution in [0.5, 0.6) is 17.4 Å². The van der Waals surface area contributed by atoms with Crippen molar-refractivity contribution in [3.05, 3.63) is 75.6 Å². The summed E-state index contributed by atoms with van der Waals surface area (Å²) >= 11 is 0. The van der Waals surface area contributed by atoms with Crippen molar-refractivity contribution in [2.24, 2.45) is 0 Å². The molecule has 0 spiro atoms. The van der Waals surface area contributed by atoms with Gasteiger partial charge in [0.15, 0.2) is 5.56 Å². The number of aromatic hydroxyl groups is 1. The van der Waals surface area contributed by atoms with E-state index in [9.17, 15) is 19.1 Å². The van der Waals surface area contributed by atoms with E-state index in [1.165, 1.54) is 35.8 Å². The van der Waals surface area contributed by atoms with Gasteiger partial charge in [-0.05, 0) is 43.2 Å². The second-order valence-electron chi connectivity index (χ2n) is 8.31. The number of halogens is 1. The molecule has 2 heterocycles. The van der Waals surface area contributed by atoms with Crippen LogP contribution in [0.2, 0.25) is 0 Å². The summed E-state index contributed by atoms with van der Waals surface area (Å²) in [7, 11) is 2.91. The van der Waals surface area contributed by atoms with Gasteiger partial charge in [-0.15, -0.1) is 0 Å². The third-order valence-electron chi connectivity index (χ3n) is 6.21. The minimum atomic E-state index is -0.869. The minimum absolute atomic E-state index is 0.0813. The average Bonchev–Trinajstić information content (AvgIpc) is 3.37. The Hall–Kier alpha value is -3.92. The Morgan fingerprint density at radius 1 is 1.17 bits per heavy atom. The molecular weight excluding hydrogens is 469 g/mol. The van der Waals surface area contributed by atoms with Crippen LogP contribution in [0.1, 0.15) is 41.0 Å². The van der Waals surface area contributed by atoms with E-state index >= 15 is 0 Å². The molecule has 1 amide bonds. The fraction of sp³-hybridized carbons (Fsp3) is 0.346. The predicted molar refractivity (Wildman–Crippen MR) is 130 cm³/mol. The van der Waals surface area contributed by atoms with Crippen LogP contribution in [0.25, 0.3) is 5.69 Å². The number of likely N-dealkylation sites (tertiary alicyclic amines) is 1. The fourth-order valence-corrected chi connectivity index (χ4v) is 4.45. The van der Waals surface area contributed by atoms with E-state index in [1.54, 1.807) is 31.2 Å². The Bertz CT molecular complexity index is 1300. The van der Waals surface area contributed by atoms with Gasteiger partial charge in [-0.3, -0.25) is 14.2 Å². The topological polar surface area (TPSA) is 103 Å². The Labute approximate surface area is 207 Å². The van der Waals surface area contributed by atoms with E-state index < -0.39 is 22.9 Å². The summed E-state index contributed by atoms with van der Waals surface area (Å²) in [5.74, 6) is -0.942. The van der Waals surface area contributed by atoms with Crippen molar-refractivity contribution in [3.8, 4) is 23.1 Å². The third kappa shape index (κ3) is 4.76. The van der Waals surface area contributed by atoms with Gasteiger partial charge in [-0.1, -0.05) is 18.2 Å². The lowest BCUT2D eigenvalue weighted by molar-refractivity contribution is 0.0782. The van der Waals surface area contributed by atoms with Crippen LogP contribution in [0.15, 0.2) is 47.3 Å². The number of ether oxygens (including phenoxy) is 3. The number of para-hydroxylation sites is 1. The van der Waals surface area contributed by atoms with Crippen LogP contribution in [-0.4, -0.2) is 59.4 Å². The number of rotatable bonds is 8. The van der Waals surface area contributed by atoms with E-state index in [4.69, 9.17) is 14.2 Å². The van der Waals surface area contributed by atoms with Crippen LogP contribution in [0.3, 0.4) is 0 Å². The average molecular weight is 498 g/mol. The van der Waals surface area contributed by atoms with Crippen molar-refractivity contribution < 1.29 is 28.5 Å². The third-order valence-corrected chi connectivity index (χ3v) is 6.21. The lowest BCUT2D eigenvalue weighted by Crippen LogP contribution is -2.35. The summed E-state index contributed by atoms with van der Waals surface area (Å²) in [6, 6.07) is 11.3. The predicted octanol–water partition coefficient (Wildman–Crippen LogP) is 3.26. The maximum absolute atomic E-state index is 13.7. The van der Waals surface area contributed by atoms with Gasteiger partial charge in [0.2, 0.25) is 5.88 Å². The molecule has 1 N–H and O–H groups in total. The summed E-state index contributed by atoms with van der Waals surface area (Å²) in [6.45, 7) is 2.65. The van der Waals surface area contributed by atoms with Gasteiger partial charge in [0.25, 0.3) is 11.5 Å². The number of amides is 1. The zero-order chi connectivity index (χ0) is 25.8. The van der Waals surface area contributed by atoms with Crippen LogP contribution in [-0.2, 0) is 11.3 Å². The highest BCUT2D eigenvalue weighted by atomic mass is 19.1. The molecular formula is C26H28FN3O6. The number of carbonyl (C=O) groups is 1. The molecule has 1 saturated heterocycles. The lowest BCUT2D eigenvalue weighted by Gasteiger charge is -2.22. The molecule has 1 fully saturated rings. The molecule has 190 valence electrons. The largest absolute Gasteiger partial charge is 0.494 e. The smallest absolute Gasteiger partial charge is 0.289 e. The van der Waals surface area contributed by atoms with Crippen molar-refractivity contribution in [1.29, 1.82) is 0 Å². The van der Waals surface area contributed by atoms with Gasteiger partial charge < -0.3 is 24.2 Å². The number of nitrogens with zero attached hydrogens (tertiary/aromatic N) is 3. The molecule has 1 aliphatic heterocycles. The van der Waals surface area contributed by atoms with Crippen molar-refractivity contribution in [1.82, 2.24) is 14.5 Å². The van der Waals surface area contributed by atoms with Gasteiger partial charge >= 0.3 is 0 Å². The summed E-state index contributed by atoms with van der Waals surface area (Å²) in [5.41, 5.74) is -0.291. The molecule has 0 radical (unpaired) electrons. The first-order valence-electron chi connectivity index (χ1n) is 11.6. The maximum atomic E-state index is 13.7. The van der Waals surface area contributed by atoms with E-state index in [0.29, 0.717) is 31.1 Å². The number of aromatic nitrogens is 2. The molecule has 1 unspecified atom stereocenters. The van der Waals surface area contributed by atoms with Gasteiger partial charge in [0.1, 0.15) is 35.4 Å². The fourth-order valence-electron chi connectivity index (χ4n) is 4.45. The molecule has 4 rings (SSSR count). The van der Waals surface area contributed by atoms with Gasteiger partial charge in [-0.25, -0.2) is 4.39 Å². The highest BCUT2D eigenvalue weighted by Gasteiger charge is 2.33. The van der Waals surface area contributed by atoms with Crippen molar-refractivity contribution in [2.75, 3.05) is 33.9 Å². The Morgan fingerprint density at radius 2 is 1.86 bits per heavy atom. The van der Waals surface area contributed by atoms with E-state index in [2.05, 4.69) is 4.98 Å². The first-order chi connectivity index (χ1) is 17.4. The molecule has 2 aromatic carbocycles. The SMILES string of the molecule is CCOCc1nc(=O)c(C(=O)N2CCC(c3cccc(F)c3)C2)c(O)n1-c1c(OC)cccc1OC. The van der Waals surface area contributed by atoms with Crippen LogP contribution >= 0.6 is 0 Å². The lowest BCUT2D eigenvalue weighted by atomic mass is 9.98. The molecule has 1 aromatic heterocycles. The van der Waals surface area contributed by atoms with Crippen molar-refractivity contribution in [3.63, 3.8) is 0 Å². The van der Waals surface area contributed by atoms with Gasteiger partial charge in [0.05, 0.1) is 14.2 Å². The monoisotopic (exact) mass is 497 g/mol. The first kappa shape index (κ1) is 25.2. The second kappa shape index (κ2) is 10.8. The summed E-state index contributed by atoms with van der Waals surface area (Å²) in [4.78, 5) is 32.1. The molecule has 0 aliphatic carbocycles. The molecule has 10 heteroatoms. The minimum Gasteiger partial charge on any atom is -0.494 e. The van der Waals surface area contributed by atoms with Crippen molar-refractivity contribution >= 4 is 5.91 Å². The van der Waals surface area contributed by atoms with Crippen LogP contribution in [0, 0.1) is 5.82 Å². The zero-order valence-corrected chi connectivity index (χ0v) is 20.4. The summed E-state index contributed by atoms with van der Waals surface area (Å²) < 4.78 is 31.4. The molecule has 0 saturated carbocycles. The zero-order valence-electron chi connectivity index (χ0n) is 20.4. The number of benzene rings is 2. The highest BCUT2D eigenvalue weighted by Crippen LogP contribution is 2.37. The van der Waals surface area contributed by atoms with Crippen LogP contribution < -0.4 is 15.0 Å². The number of hydrogen-bond donors (Lipinski definition) is 1. The van der Waals surface area contributed by atoms with Gasteiger partial charge in [-0.2, -0.15) is 4.98 Å². The molecule has 36 heavy (non-hydrogen) atoms. The Kier molecular flexibility index (Phi) is 7.54. The van der Waals surface area contributed by atoms with Gasteiger partial charge in [0, 0.05) is 25.6 Å². The van der Waals surface area contributed by atoms with Crippen LogP contribution in [0.4, 0.5) is 4.39 Å². The molecule has 0 bridgehead atoms. The summed E-state index contributed by atoms with van der Waals surface area (Å²) in [5, 5.41) is 11.4. The van der Waals surface area contributed by atoms with E-state index in [-0.39, 0.29) is 36.4 Å². The molecule has 1 atom stereocenters. The number of methoxy groups -OCH3 is 2. The normalized spacial score (nSPS) is 15.2. The Morgan fingerprint density at radius 3 is 2.50 bits per heavy atom. The molecule has 9 nitrogen and oxygen atoms in total. The van der Waals surface area contributed by atoms with E-state index in [0.717, 1.165) is 5.56 Å². The maximum Gasteiger partial charge on any atom is 0.289 e. The number of hydrogen-bond acceptors (Lipinski definition) is 7. The highest BCUT2D eigenvalue weighted by molar-refractivity contribution is 5.96. The molecule has 3 aromatic rings. The number of carbonyl (C=O) groups excluding carboxylic acids is 1. The quantitative estimate of drug-likeness (QED) is 0.510. The second-order valence-corrected chi connectivity index (χ2v) is 8.31. The Balaban J connectivity index is 1.79. The first-order valence-corrected chi connectivity index (χ1v) is 11.6. The molecule has 1 aliphatic rings.